The van der Waals surface area contributed by atoms with E-state index in [1.165, 1.54) is 42.8 Å². The number of carbonyl (C=O) groups is 2. The molecule has 9 nitrogen and oxygen atoms in total. The SMILES string of the molecule is CCS(=O)(=O)Cc1ccccc1OC(=O)N(C)SN(C)C(=O)N(C)C=Nc1ccc(Cl)cc1C. The first-order valence-corrected chi connectivity index (χ1v) is 13.1. The highest BCUT2D eigenvalue weighted by molar-refractivity contribution is 7.95. The third-order valence-electron chi connectivity index (χ3n) is 4.59. The van der Waals surface area contributed by atoms with Crippen molar-refractivity contribution in [3.63, 3.8) is 0 Å². The van der Waals surface area contributed by atoms with Crippen LogP contribution >= 0.6 is 23.7 Å². The fourth-order valence-electron chi connectivity index (χ4n) is 2.66. The van der Waals surface area contributed by atoms with Gasteiger partial charge in [0.2, 0.25) is 0 Å². The van der Waals surface area contributed by atoms with Gasteiger partial charge >= 0.3 is 12.1 Å². The number of aryl methyl sites for hydroxylation is 1. The molecule has 34 heavy (non-hydrogen) atoms. The third kappa shape index (κ3) is 7.93. The number of para-hydroxylation sites is 1. The largest absolute Gasteiger partial charge is 0.426 e. The van der Waals surface area contributed by atoms with Crippen LogP contribution in [-0.2, 0) is 15.6 Å². The number of halogens is 1. The summed E-state index contributed by atoms with van der Waals surface area (Å²) in [5, 5.41) is 0.599. The first kappa shape index (κ1) is 27.5. The smallest absolute Gasteiger partial charge is 0.409 e. The molecule has 0 N–H and O–H groups in total. The van der Waals surface area contributed by atoms with Gasteiger partial charge in [-0.15, -0.1) is 0 Å². The molecule has 0 fully saturated rings. The van der Waals surface area contributed by atoms with Crippen molar-refractivity contribution in [1.82, 2.24) is 13.5 Å². The molecule has 2 aromatic carbocycles. The summed E-state index contributed by atoms with van der Waals surface area (Å²) in [6.07, 6.45) is 0.609. The number of benzene rings is 2. The van der Waals surface area contributed by atoms with Crippen molar-refractivity contribution in [1.29, 1.82) is 0 Å². The van der Waals surface area contributed by atoms with E-state index in [4.69, 9.17) is 16.3 Å². The zero-order chi connectivity index (χ0) is 25.5. The van der Waals surface area contributed by atoms with Gasteiger partial charge in [-0.1, -0.05) is 36.7 Å². The van der Waals surface area contributed by atoms with Gasteiger partial charge in [-0.2, -0.15) is 0 Å². The summed E-state index contributed by atoms with van der Waals surface area (Å²) >= 11 is 6.76. The minimum absolute atomic E-state index is 0.0215. The maximum Gasteiger partial charge on any atom is 0.426 e. The van der Waals surface area contributed by atoms with E-state index in [9.17, 15) is 18.0 Å². The fraction of sp³-hybridized carbons (Fsp3) is 0.318. The number of carbonyl (C=O) groups excluding carboxylic acids is 2. The Morgan fingerprint density at radius 2 is 1.79 bits per heavy atom. The van der Waals surface area contributed by atoms with Crippen LogP contribution in [0, 0.1) is 6.92 Å². The van der Waals surface area contributed by atoms with Crippen LogP contribution < -0.4 is 4.74 Å². The van der Waals surface area contributed by atoms with Crippen molar-refractivity contribution in [3.8, 4) is 5.75 Å². The van der Waals surface area contributed by atoms with Gasteiger partial charge in [-0.05, 0) is 36.8 Å². The summed E-state index contributed by atoms with van der Waals surface area (Å²) in [4.78, 5) is 30.8. The van der Waals surface area contributed by atoms with Crippen LogP contribution in [0.1, 0.15) is 18.1 Å². The molecular weight excluding hydrogens is 500 g/mol. The third-order valence-corrected chi connectivity index (χ3v) is 7.25. The van der Waals surface area contributed by atoms with Crippen LogP contribution in [0.2, 0.25) is 5.02 Å². The number of nitrogens with zero attached hydrogens (tertiary/aromatic N) is 4. The second-order valence-corrected chi connectivity index (χ2v) is 11.3. The number of urea groups is 1. The highest BCUT2D eigenvalue weighted by Crippen LogP contribution is 2.24. The van der Waals surface area contributed by atoms with Crippen LogP contribution in [0.15, 0.2) is 47.5 Å². The van der Waals surface area contributed by atoms with Crippen molar-refractivity contribution in [2.75, 3.05) is 26.9 Å². The van der Waals surface area contributed by atoms with Gasteiger partial charge in [0.25, 0.3) is 0 Å². The second-order valence-electron chi connectivity index (χ2n) is 7.30. The van der Waals surface area contributed by atoms with Crippen LogP contribution in [0.25, 0.3) is 0 Å². The molecule has 0 aliphatic heterocycles. The Morgan fingerprint density at radius 1 is 1.12 bits per heavy atom. The lowest BCUT2D eigenvalue weighted by molar-refractivity contribution is 0.185. The topological polar surface area (TPSA) is 99.6 Å². The van der Waals surface area contributed by atoms with E-state index in [-0.39, 0.29) is 17.3 Å². The zero-order valence-electron chi connectivity index (χ0n) is 19.6. The zero-order valence-corrected chi connectivity index (χ0v) is 21.9. The van der Waals surface area contributed by atoms with Crippen molar-refractivity contribution in [3.05, 3.63) is 58.6 Å². The van der Waals surface area contributed by atoms with Crippen molar-refractivity contribution < 1.29 is 22.7 Å². The normalized spacial score (nSPS) is 11.4. The van der Waals surface area contributed by atoms with Crippen LogP contribution in [0.3, 0.4) is 0 Å². The Morgan fingerprint density at radius 3 is 2.44 bits per heavy atom. The summed E-state index contributed by atoms with van der Waals surface area (Å²) in [5.74, 6) is -0.111. The van der Waals surface area contributed by atoms with E-state index in [0.29, 0.717) is 16.3 Å². The molecule has 0 aliphatic carbocycles. The van der Waals surface area contributed by atoms with E-state index >= 15 is 0 Å². The summed E-state index contributed by atoms with van der Waals surface area (Å²) in [7, 11) is 1.16. The molecule has 12 heteroatoms. The highest BCUT2D eigenvalue weighted by atomic mass is 35.5. The van der Waals surface area contributed by atoms with Gasteiger partial charge in [0.05, 0.1) is 29.9 Å². The molecule has 3 amide bonds. The summed E-state index contributed by atoms with van der Waals surface area (Å²) in [6.45, 7) is 3.41. The molecule has 0 aliphatic rings. The number of hydrogen-bond donors (Lipinski definition) is 0. The lowest BCUT2D eigenvalue weighted by Crippen LogP contribution is -2.37. The molecule has 0 heterocycles. The minimum atomic E-state index is -3.31. The Balaban J connectivity index is 1.99. The molecule has 0 bridgehead atoms. The Labute approximate surface area is 209 Å². The highest BCUT2D eigenvalue weighted by Gasteiger charge is 2.22. The minimum Gasteiger partial charge on any atom is -0.409 e. The van der Waals surface area contributed by atoms with Gasteiger partial charge in [0, 0.05) is 37.5 Å². The summed E-state index contributed by atoms with van der Waals surface area (Å²) in [6, 6.07) is 11.2. The molecule has 0 radical (unpaired) electrons. The van der Waals surface area contributed by atoms with E-state index < -0.39 is 22.0 Å². The average Bonchev–Trinajstić information content (AvgIpc) is 2.78. The predicted octanol–water partition coefficient (Wildman–Crippen LogP) is 4.92. The van der Waals surface area contributed by atoms with E-state index in [2.05, 4.69) is 4.99 Å². The molecule has 2 aromatic rings. The van der Waals surface area contributed by atoms with Crippen molar-refractivity contribution in [2.24, 2.45) is 4.99 Å². The van der Waals surface area contributed by atoms with Crippen LogP contribution in [0.5, 0.6) is 5.75 Å². The molecule has 0 atom stereocenters. The van der Waals surface area contributed by atoms with Crippen molar-refractivity contribution >= 4 is 57.7 Å². The summed E-state index contributed by atoms with van der Waals surface area (Å²) < 4.78 is 31.7. The molecule has 0 saturated carbocycles. The van der Waals surface area contributed by atoms with Gasteiger partial charge < -0.3 is 4.74 Å². The quantitative estimate of drug-likeness (QED) is 0.275. The number of ether oxygens (including phenoxy) is 1. The molecule has 0 spiro atoms. The van der Waals surface area contributed by atoms with E-state index in [1.807, 2.05) is 6.92 Å². The predicted molar refractivity (Wildman–Crippen MR) is 136 cm³/mol. The lowest BCUT2D eigenvalue weighted by atomic mass is 10.2. The van der Waals surface area contributed by atoms with Crippen molar-refractivity contribution in [2.45, 2.75) is 19.6 Å². The molecule has 0 aromatic heterocycles. The van der Waals surface area contributed by atoms with E-state index in [1.54, 1.807) is 43.3 Å². The van der Waals surface area contributed by atoms with E-state index in [0.717, 1.165) is 22.0 Å². The number of aliphatic imine (C=N–C) groups is 1. The molecule has 0 unspecified atom stereocenters. The maximum atomic E-state index is 12.6. The number of sulfone groups is 1. The Kier molecular flexibility index (Phi) is 9.77. The monoisotopic (exact) mass is 526 g/mol. The number of hydrogen-bond acceptors (Lipinski definition) is 7. The first-order valence-electron chi connectivity index (χ1n) is 10.2. The van der Waals surface area contributed by atoms with Gasteiger partial charge in [-0.3, -0.25) is 9.21 Å². The van der Waals surface area contributed by atoms with Gasteiger partial charge in [0.15, 0.2) is 9.84 Å². The van der Waals surface area contributed by atoms with Gasteiger partial charge in [-0.25, -0.2) is 27.3 Å². The number of rotatable bonds is 8. The number of amides is 3. The average molecular weight is 527 g/mol. The first-order chi connectivity index (χ1) is 15.9. The molecule has 0 saturated heterocycles. The Hall–Kier alpha value is -2.76. The molecular formula is C22H27ClN4O5S2. The maximum absolute atomic E-state index is 12.6. The second kappa shape index (κ2) is 12.1. The molecule has 2 rings (SSSR count). The summed E-state index contributed by atoms with van der Waals surface area (Å²) in [5.41, 5.74) is 1.92. The Bertz CT molecular complexity index is 1170. The van der Waals surface area contributed by atoms with Gasteiger partial charge in [0.1, 0.15) is 5.75 Å². The fourth-order valence-corrected chi connectivity index (χ4v) is 4.47. The van der Waals surface area contributed by atoms with Crippen LogP contribution in [0.4, 0.5) is 15.3 Å². The molecule has 184 valence electrons. The lowest BCUT2D eigenvalue weighted by Gasteiger charge is -2.24. The standard InChI is InChI=1S/C22H27ClN4O5S2/c1-6-34(30,31)14-17-9-7-8-10-20(17)32-22(29)27(5)33-26(4)21(28)25(3)15-24-19-12-11-18(23)13-16(19)2/h7-13,15H,6,14H2,1-5H3. The van der Waals surface area contributed by atoms with Crippen LogP contribution in [-0.4, -0.2) is 67.3 Å².